The third-order valence-corrected chi connectivity index (χ3v) is 2.86. The predicted octanol–water partition coefficient (Wildman–Crippen LogP) is 2.68. The molecule has 2 aromatic rings. The van der Waals surface area contributed by atoms with Gasteiger partial charge in [0.15, 0.2) is 11.6 Å². The van der Waals surface area contributed by atoms with E-state index in [-0.39, 0.29) is 11.4 Å². The molecule has 1 N–H and O–H groups in total. The normalized spacial score (nSPS) is 12.2. The number of hydrogen-bond acceptors (Lipinski definition) is 3. The molecular weight excluding hydrogens is 250 g/mol. The molecule has 0 saturated heterocycles. The predicted molar refractivity (Wildman–Crippen MR) is 68.0 cm³/mol. The quantitative estimate of drug-likeness (QED) is 0.922. The van der Waals surface area contributed by atoms with Gasteiger partial charge in [0.05, 0.1) is 18.8 Å². The largest absolute Gasteiger partial charge is 0.494 e. The van der Waals surface area contributed by atoms with Crippen molar-refractivity contribution in [3.63, 3.8) is 0 Å². The minimum atomic E-state index is -0.512. The number of nitrogens with one attached hydrogen (secondary N) is 1. The molecule has 2 rings (SSSR count). The van der Waals surface area contributed by atoms with Crippen LogP contribution in [0.5, 0.6) is 5.75 Å². The van der Waals surface area contributed by atoms with Crippen LogP contribution in [0.3, 0.4) is 0 Å². The van der Waals surface area contributed by atoms with Crippen molar-refractivity contribution in [1.29, 1.82) is 0 Å². The maximum atomic E-state index is 13.7. The summed E-state index contributed by atoms with van der Waals surface area (Å²) in [6, 6.07) is 6.83. The first-order valence-electron chi connectivity index (χ1n) is 5.78. The number of benzene rings is 1. The summed E-state index contributed by atoms with van der Waals surface area (Å²) in [5, 5.41) is 2.93. The Hall–Kier alpha value is -2.01. The molecule has 0 aliphatic heterocycles. The first-order valence-corrected chi connectivity index (χ1v) is 5.78. The number of methoxy groups -OCH3 is 1. The van der Waals surface area contributed by atoms with Crippen LogP contribution in [0.25, 0.3) is 0 Å². The highest BCUT2D eigenvalue weighted by Crippen LogP contribution is 2.26. The molecular formula is C14H14F2N2O. The molecule has 3 nitrogen and oxygen atoms in total. The summed E-state index contributed by atoms with van der Waals surface area (Å²) in [6.07, 6.45) is 1.50. The fourth-order valence-electron chi connectivity index (χ4n) is 1.93. The zero-order valence-electron chi connectivity index (χ0n) is 10.7. The average molecular weight is 264 g/mol. The van der Waals surface area contributed by atoms with Crippen molar-refractivity contribution in [2.75, 3.05) is 14.2 Å². The number of rotatable bonds is 4. The fraction of sp³-hybridized carbons (Fsp3) is 0.214. The van der Waals surface area contributed by atoms with Crippen molar-refractivity contribution in [3.05, 3.63) is 59.4 Å². The second kappa shape index (κ2) is 5.75. The van der Waals surface area contributed by atoms with Gasteiger partial charge in [-0.3, -0.25) is 4.98 Å². The van der Waals surface area contributed by atoms with Crippen LogP contribution in [-0.4, -0.2) is 19.1 Å². The highest BCUT2D eigenvalue weighted by Gasteiger charge is 2.18. The van der Waals surface area contributed by atoms with E-state index in [9.17, 15) is 8.78 Å². The SMILES string of the molecule is CNC(c1ccc(OC)c(F)c1)c1ncccc1F. The molecule has 5 heteroatoms. The van der Waals surface area contributed by atoms with Gasteiger partial charge in [-0.05, 0) is 36.9 Å². The minimum absolute atomic E-state index is 0.153. The van der Waals surface area contributed by atoms with Gasteiger partial charge >= 0.3 is 0 Å². The van der Waals surface area contributed by atoms with Crippen LogP contribution in [0.2, 0.25) is 0 Å². The summed E-state index contributed by atoms with van der Waals surface area (Å²) in [5.41, 5.74) is 0.813. The van der Waals surface area contributed by atoms with E-state index in [0.717, 1.165) is 0 Å². The maximum Gasteiger partial charge on any atom is 0.165 e. The van der Waals surface area contributed by atoms with Crippen LogP contribution in [0.15, 0.2) is 36.5 Å². The van der Waals surface area contributed by atoms with Crippen molar-refractivity contribution >= 4 is 0 Å². The van der Waals surface area contributed by atoms with E-state index in [4.69, 9.17) is 4.74 Å². The van der Waals surface area contributed by atoms with Crippen LogP contribution < -0.4 is 10.1 Å². The lowest BCUT2D eigenvalue weighted by Gasteiger charge is -2.17. The molecule has 0 saturated carbocycles. The zero-order valence-corrected chi connectivity index (χ0v) is 10.7. The first kappa shape index (κ1) is 13.4. The summed E-state index contributed by atoms with van der Waals surface area (Å²) >= 11 is 0. The average Bonchev–Trinajstić information content (AvgIpc) is 2.42. The summed E-state index contributed by atoms with van der Waals surface area (Å²) < 4.78 is 32.3. The van der Waals surface area contributed by atoms with Crippen LogP contribution >= 0.6 is 0 Å². The highest BCUT2D eigenvalue weighted by molar-refractivity contribution is 5.34. The van der Waals surface area contributed by atoms with E-state index in [1.165, 1.54) is 37.6 Å². The van der Waals surface area contributed by atoms with E-state index >= 15 is 0 Å². The minimum Gasteiger partial charge on any atom is -0.494 e. The number of nitrogens with zero attached hydrogens (tertiary/aromatic N) is 1. The topological polar surface area (TPSA) is 34.1 Å². The van der Waals surface area contributed by atoms with Crippen molar-refractivity contribution < 1.29 is 13.5 Å². The molecule has 1 aromatic heterocycles. The van der Waals surface area contributed by atoms with E-state index in [1.807, 2.05) is 0 Å². The first-order chi connectivity index (χ1) is 9.17. The molecule has 0 amide bonds. The van der Waals surface area contributed by atoms with Crippen molar-refractivity contribution in [2.45, 2.75) is 6.04 Å². The summed E-state index contributed by atoms with van der Waals surface area (Å²) in [6.45, 7) is 0. The molecule has 0 radical (unpaired) electrons. The molecule has 19 heavy (non-hydrogen) atoms. The Labute approximate surface area is 110 Å². The maximum absolute atomic E-state index is 13.7. The Kier molecular flexibility index (Phi) is 4.06. The Bertz CT molecular complexity index is 575. The van der Waals surface area contributed by atoms with Crippen molar-refractivity contribution in [1.82, 2.24) is 10.3 Å². The lowest BCUT2D eigenvalue weighted by atomic mass is 10.0. The molecule has 1 heterocycles. The van der Waals surface area contributed by atoms with Gasteiger partial charge in [-0.1, -0.05) is 6.07 Å². The number of pyridine rings is 1. The van der Waals surface area contributed by atoms with Gasteiger partial charge in [0.1, 0.15) is 5.82 Å². The van der Waals surface area contributed by atoms with Gasteiger partial charge in [0, 0.05) is 6.20 Å². The van der Waals surface area contributed by atoms with Gasteiger partial charge in [0.25, 0.3) is 0 Å². The Morgan fingerprint density at radius 1 is 1.21 bits per heavy atom. The number of hydrogen-bond donors (Lipinski definition) is 1. The lowest BCUT2D eigenvalue weighted by molar-refractivity contribution is 0.385. The van der Waals surface area contributed by atoms with Gasteiger partial charge in [0.2, 0.25) is 0 Å². The summed E-state index contributed by atoms with van der Waals surface area (Å²) in [5.74, 6) is -0.769. The van der Waals surface area contributed by atoms with Crippen LogP contribution in [0, 0.1) is 11.6 Å². The van der Waals surface area contributed by atoms with Gasteiger partial charge in [-0.25, -0.2) is 8.78 Å². The summed E-state index contributed by atoms with van der Waals surface area (Å²) in [4.78, 5) is 4.01. The molecule has 1 unspecified atom stereocenters. The third-order valence-electron chi connectivity index (χ3n) is 2.86. The van der Waals surface area contributed by atoms with Gasteiger partial charge in [-0.2, -0.15) is 0 Å². The third kappa shape index (κ3) is 2.71. The highest BCUT2D eigenvalue weighted by atomic mass is 19.1. The van der Waals surface area contributed by atoms with Gasteiger partial charge < -0.3 is 10.1 Å². The van der Waals surface area contributed by atoms with E-state index in [2.05, 4.69) is 10.3 Å². The van der Waals surface area contributed by atoms with Crippen LogP contribution in [-0.2, 0) is 0 Å². The van der Waals surface area contributed by atoms with E-state index in [1.54, 1.807) is 13.1 Å². The Morgan fingerprint density at radius 3 is 2.58 bits per heavy atom. The molecule has 0 aliphatic rings. The van der Waals surface area contributed by atoms with Crippen molar-refractivity contribution in [2.24, 2.45) is 0 Å². The fourth-order valence-corrected chi connectivity index (χ4v) is 1.93. The van der Waals surface area contributed by atoms with E-state index in [0.29, 0.717) is 5.56 Å². The lowest BCUT2D eigenvalue weighted by Crippen LogP contribution is -2.20. The number of halogens is 2. The molecule has 1 atom stereocenters. The smallest absolute Gasteiger partial charge is 0.165 e. The summed E-state index contributed by atoms with van der Waals surface area (Å²) in [7, 11) is 3.06. The van der Waals surface area contributed by atoms with E-state index < -0.39 is 17.7 Å². The molecule has 0 bridgehead atoms. The number of ether oxygens (including phenoxy) is 1. The molecule has 1 aromatic carbocycles. The Morgan fingerprint density at radius 2 is 2.00 bits per heavy atom. The van der Waals surface area contributed by atoms with Crippen LogP contribution in [0.4, 0.5) is 8.78 Å². The molecule has 0 fully saturated rings. The van der Waals surface area contributed by atoms with Crippen molar-refractivity contribution in [3.8, 4) is 5.75 Å². The Balaban J connectivity index is 2.43. The number of aromatic nitrogens is 1. The molecule has 100 valence electrons. The zero-order chi connectivity index (χ0) is 13.8. The monoisotopic (exact) mass is 264 g/mol. The second-order valence-electron chi connectivity index (χ2n) is 3.99. The van der Waals surface area contributed by atoms with Crippen LogP contribution in [0.1, 0.15) is 17.3 Å². The van der Waals surface area contributed by atoms with Gasteiger partial charge in [-0.15, -0.1) is 0 Å². The molecule has 0 aliphatic carbocycles. The second-order valence-corrected chi connectivity index (χ2v) is 3.99. The standard InChI is InChI=1S/C14H14F2N2O/c1-17-13(14-10(15)4-3-7-18-14)9-5-6-12(19-2)11(16)8-9/h3-8,13,17H,1-2H3. The molecule has 0 spiro atoms.